The Morgan fingerprint density at radius 1 is 1.05 bits per heavy atom. The largest absolute Gasteiger partial charge is 0.392 e. The fourth-order valence-corrected chi connectivity index (χ4v) is 2.65. The second kappa shape index (κ2) is 7.74. The second-order valence-electron chi connectivity index (χ2n) is 5.89. The summed E-state index contributed by atoms with van der Waals surface area (Å²) in [5.74, 6) is 0.590. The van der Waals surface area contributed by atoms with E-state index >= 15 is 0 Å². The number of benzene rings is 1. The standard InChI is InChI=1S/C16H27N3O/c1-14(10-17)11-18-6-8-19(9-7-18)12-15-2-4-16(13-20)5-3-15/h2-5,14,20H,6-13,17H2,1H3. The van der Waals surface area contributed by atoms with Crippen molar-refractivity contribution in [3.8, 4) is 0 Å². The van der Waals surface area contributed by atoms with Gasteiger partial charge in [0.25, 0.3) is 0 Å². The summed E-state index contributed by atoms with van der Waals surface area (Å²) in [5, 5.41) is 9.05. The highest BCUT2D eigenvalue weighted by atomic mass is 16.3. The van der Waals surface area contributed by atoms with Crippen LogP contribution in [0.15, 0.2) is 24.3 Å². The topological polar surface area (TPSA) is 52.7 Å². The molecule has 0 bridgehead atoms. The molecule has 0 amide bonds. The summed E-state index contributed by atoms with van der Waals surface area (Å²) >= 11 is 0. The Hall–Kier alpha value is -0.940. The monoisotopic (exact) mass is 277 g/mol. The van der Waals surface area contributed by atoms with Crippen molar-refractivity contribution in [3.05, 3.63) is 35.4 Å². The zero-order valence-electron chi connectivity index (χ0n) is 12.5. The molecule has 1 fully saturated rings. The molecular formula is C16H27N3O. The van der Waals surface area contributed by atoms with Gasteiger partial charge in [0.2, 0.25) is 0 Å². The summed E-state index contributed by atoms with van der Waals surface area (Å²) in [5.41, 5.74) is 7.99. The number of hydrogen-bond acceptors (Lipinski definition) is 4. The van der Waals surface area contributed by atoms with Crippen LogP contribution >= 0.6 is 0 Å². The molecule has 3 N–H and O–H groups in total. The number of hydrogen-bond donors (Lipinski definition) is 2. The molecule has 1 saturated heterocycles. The molecular weight excluding hydrogens is 250 g/mol. The number of nitrogens with zero attached hydrogens (tertiary/aromatic N) is 2. The van der Waals surface area contributed by atoms with Gasteiger partial charge in [-0.05, 0) is 23.6 Å². The lowest BCUT2D eigenvalue weighted by molar-refractivity contribution is 0.116. The van der Waals surface area contributed by atoms with Crippen molar-refractivity contribution in [2.45, 2.75) is 20.1 Å². The molecule has 1 atom stereocenters. The van der Waals surface area contributed by atoms with Crippen LogP contribution in [-0.2, 0) is 13.2 Å². The molecule has 0 spiro atoms. The van der Waals surface area contributed by atoms with Gasteiger partial charge in [0.1, 0.15) is 0 Å². The van der Waals surface area contributed by atoms with Crippen LogP contribution in [0.25, 0.3) is 0 Å². The Balaban J connectivity index is 1.76. The average Bonchev–Trinajstić information content (AvgIpc) is 2.50. The van der Waals surface area contributed by atoms with Crippen molar-refractivity contribution in [2.75, 3.05) is 39.3 Å². The average molecular weight is 277 g/mol. The molecule has 4 nitrogen and oxygen atoms in total. The van der Waals surface area contributed by atoms with E-state index in [-0.39, 0.29) is 6.61 Å². The van der Waals surface area contributed by atoms with Gasteiger partial charge in [0, 0.05) is 39.3 Å². The molecule has 1 heterocycles. The molecule has 0 aliphatic carbocycles. The maximum Gasteiger partial charge on any atom is 0.0681 e. The summed E-state index contributed by atoms with van der Waals surface area (Å²) in [7, 11) is 0. The summed E-state index contributed by atoms with van der Waals surface area (Å²) in [6.45, 7) is 9.77. The van der Waals surface area contributed by atoms with Crippen molar-refractivity contribution in [2.24, 2.45) is 11.7 Å². The maximum absolute atomic E-state index is 9.05. The second-order valence-corrected chi connectivity index (χ2v) is 5.89. The third kappa shape index (κ3) is 4.56. The molecule has 1 aromatic carbocycles. The fraction of sp³-hybridized carbons (Fsp3) is 0.625. The van der Waals surface area contributed by atoms with Crippen LogP contribution in [0.1, 0.15) is 18.1 Å². The first-order chi connectivity index (χ1) is 9.71. The number of rotatable bonds is 6. The van der Waals surface area contributed by atoms with Gasteiger partial charge in [-0.25, -0.2) is 0 Å². The van der Waals surface area contributed by atoms with Crippen LogP contribution < -0.4 is 5.73 Å². The summed E-state index contributed by atoms with van der Waals surface area (Å²) in [6.07, 6.45) is 0. The third-order valence-corrected chi connectivity index (χ3v) is 4.05. The highest BCUT2D eigenvalue weighted by Crippen LogP contribution is 2.11. The summed E-state index contributed by atoms with van der Waals surface area (Å²) < 4.78 is 0. The number of aliphatic hydroxyl groups is 1. The molecule has 1 unspecified atom stereocenters. The summed E-state index contributed by atoms with van der Waals surface area (Å²) in [6, 6.07) is 8.26. The number of piperazine rings is 1. The molecule has 1 aliphatic rings. The minimum absolute atomic E-state index is 0.123. The SMILES string of the molecule is CC(CN)CN1CCN(Cc2ccc(CO)cc2)CC1. The highest BCUT2D eigenvalue weighted by Gasteiger charge is 2.18. The Bertz CT molecular complexity index is 385. The van der Waals surface area contributed by atoms with Crippen LogP contribution in [0.2, 0.25) is 0 Å². The van der Waals surface area contributed by atoms with E-state index in [1.54, 1.807) is 0 Å². The van der Waals surface area contributed by atoms with Gasteiger partial charge in [-0.15, -0.1) is 0 Å². The molecule has 4 heteroatoms. The Labute approximate surface area is 122 Å². The van der Waals surface area contributed by atoms with Crippen LogP contribution in [0, 0.1) is 5.92 Å². The van der Waals surface area contributed by atoms with Crippen LogP contribution in [-0.4, -0.2) is 54.2 Å². The Kier molecular flexibility index (Phi) is 5.98. The van der Waals surface area contributed by atoms with E-state index in [0.717, 1.165) is 51.4 Å². The van der Waals surface area contributed by atoms with Crippen molar-refractivity contribution in [3.63, 3.8) is 0 Å². The molecule has 20 heavy (non-hydrogen) atoms. The molecule has 1 aromatic rings. The highest BCUT2D eigenvalue weighted by molar-refractivity contribution is 5.21. The van der Waals surface area contributed by atoms with Gasteiger partial charge in [-0.2, -0.15) is 0 Å². The minimum Gasteiger partial charge on any atom is -0.392 e. The molecule has 112 valence electrons. The zero-order valence-corrected chi connectivity index (χ0v) is 12.5. The van der Waals surface area contributed by atoms with Crippen molar-refractivity contribution in [1.29, 1.82) is 0 Å². The first-order valence-corrected chi connectivity index (χ1v) is 7.54. The lowest BCUT2D eigenvalue weighted by Crippen LogP contribution is -2.47. The Morgan fingerprint density at radius 3 is 2.15 bits per heavy atom. The van der Waals surface area contributed by atoms with E-state index in [4.69, 9.17) is 10.8 Å². The predicted octanol–water partition coefficient (Wildman–Crippen LogP) is 0.891. The first kappa shape index (κ1) is 15.4. The zero-order chi connectivity index (χ0) is 14.4. The van der Waals surface area contributed by atoms with Gasteiger partial charge in [-0.3, -0.25) is 4.90 Å². The van der Waals surface area contributed by atoms with E-state index in [9.17, 15) is 0 Å². The van der Waals surface area contributed by atoms with Gasteiger partial charge in [0.15, 0.2) is 0 Å². The fourth-order valence-electron chi connectivity index (χ4n) is 2.65. The molecule has 0 saturated carbocycles. The number of nitrogens with two attached hydrogens (primary N) is 1. The van der Waals surface area contributed by atoms with Gasteiger partial charge in [-0.1, -0.05) is 31.2 Å². The van der Waals surface area contributed by atoms with E-state index in [2.05, 4.69) is 28.9 Å². The quantitative estimate of drug-likeness (QED) is 0.811. The van der Waals surface area contributed by atoms with Crippen molar-refractivity contribution < 1.29 is 5.11 Å². The first-order valence-electron chi connectivity index (χ1n) is 7.54. The van der Waals surface area contributed by atoms with E-state index in [1.165, 1.54) is 5.56 Å². The smallest absolute Gasteiger partial charge is 0.0681 e. The van der Waals surface area contributed by atoms with Gasteiger partial charge >= 0.3 is 0 Å². The Morgan fingerprint density at radius 2 is 1.60 bits per heavy atom. The van der Waals surface area contributed by atoms with Crippen molar-refractivity contribution >= 4 is 0 Å². The van der Waals surface area contributed by atoms with Crippen LogP contribution in [0.3, 0.4) is 0 Å². The minimum atomic E-state index is 0.123. The van der Waals surface area contributed by atoms with Crippen LogP contribution in [0.5, 0.6) is 0 Å². The third-order valence-electron chi connectivity index (χ3n) is 4.05. The molecule has 0 aromatic heterocycles. The van der Waals surface area contributed by atoms with Gasteiger partial charge in [0.05, 0.1) is 6.61 Å². The number of aliphatic hydroxyl groups excluding tert-OH is 1. The van der Waals surface area contributed by atoms with E-state index in [0.29, 0.717) is 5.92 Å². The van der Waals surface area contributed by atoms with Crippen molar-refractivity contribution in [1.82, 2.24) is 9.80 Å². The molecule has 2 rings (SSSR count). The van der Waals surface area contributed by atoms with E-state index < -0.39 is 0 Å². The van der Waals surface area contributed by atoms with Gasteiger partial charge < -0.3 is 15.7 Å². The summed E-state index contributed by atoms with van der Waals surface area (Å²) in [4.78, 5) is 5.01. The van der Waals surface area contributed by atoms with Crippen LogP contribution in [0.4, 0.5) is 0 Å². The van der Waals surface area contributed by atoms with E-state index in [1.807, 2.05) is 12.1 Å². The molecule has 1 aliphatic heterocycles. The molecule has 0 radical (unpaired) electrons. The lowest BCUT2D eigenvalue weighted by atomic mass is 10.1. The predicted molar refractivity (Wildman–Crippen MR) is 82.3 cm³/mol. The lowest BCUT2D eigenvalue weighted by Gasteiger charge is -2.35. The normalized spacial score (nSPS) is 19.1. The maximum atomic E-state index is 9.05.